The Bertz CT molecular complexity index is 1060. The lowest BCUT2D eigenvalue weighted by Gasteiger charge is -2.28. The summed E-state index contributed by atoms with van der Waals surface area (Å²) in [6.07, 6.45) is 0. The highest BCUT2D eigenvalue weighted by molar-refractivity contribution is 5.97. The highest BCUT2D eigenvalue weighted by Crippen LogP contribution is 2.25. The number of benzene rings is 2. The van der Waals surface area contributed by atoms with Crippen LogP contribution in [0, 0.1) is 0 Å². The van der Waals surface area contributed by atoms with Gasteiger partial charge in [0.1, 0.15) is 5.75 Å². The molecule has 8 nitrogen and oxygen atoms in total. The van der Waals surface area contributed by atoms with Gasteiger partial charge >= 0.3 is 0 Å². The molecule has 3 aromatic rings. The number of para-hydroxylation sites is 1. The fraction of sp³-hybridized carbons (Fsp3) is 0.238. The summed E-state index contributed by atoms with van der Waals surface area (Å²) in [5.74, 6) is 1.85. The van der Waals surface area contributed by atoms with E-state index in [1.807, 2.05) is 41.0 Å². The van der Waals surface area contributed by atoms with E-state index in [0.717, 1.165) is 22.9 Å². The summed E-state index contributed by atoms with van der Waals surface area (Å²) >= 11 is 0. The zero-order valence-electron chi connectivity index (χ0n) is 16.3. The van der Waals surface area contributed by atoms with Crippen LogP contribution >= 0.6 is 0 Å². The largest absolute Gasteiger partial charge is 0.496 e. The second kappa shape index (κ2) is 7.75. The highest BCUT2D eigenvalue weighted by atomic mass is 16.5. The molecule has 2 aromatic carbocycles. The standard InChI is InChI=1S/C21H21N5O3/c1-14(27)22-16-9-7-15(8-10-16)20-24-23-19-13-25(11-12-26(19)20)21(28)17-5-3-4-6-18(17)29-2/h3-10H,11-13H2,1-2H3,(H,22,27). The summed E-state index contributed by atoms with van der Waals surface area (Å²) in [5, 5.41) is 11.4. The number of amides is 2. The zero-order valence-corrected chi connectivity index (χ0v) is 16.3. The molecule has 1 aliphatic rings. The van der Waals surface area contributed by atoms with Gasteiger partial charge in [0.15, 0.2) is 11.6 Å². The number of nitrogens with one attached hydrogen (secondary N) is 1. The summed E-state index contributed by atoms with van der Waals surface area (Å²) in [7, 11) is 1.56. The molecule has 29 heavy (non-hydrogen) atoms. The third-order valence-corrected chi connectivity index (χ3v) is 4.84. The molecule has 0 bridgehead atoms. The lowest BCUT2D eigenvalue weighted by atomic mass is 10.1. The first kappa shape index (κ1) is 18.7. The Labute approximate surface area is 168 Å². The lowest BCUT2D eigenvalue weighted by molar-refractivity contribution is -0.114. The molecule has 0 spiro atoms. The van der Waals surface area contributed by atoms with Crippen LogP contribution in [0.4, 0.5) is 5.69 Å². The van der Waals surface area contributed by atoms with E-state index < -0.39 is 0 Å². The molecule has 1 aromatic heterocycles. The van der Waals surface area contributed by atoms with Gasteiger partial charge in [-0.15, -0.1) is 10.2 Å². The third kappa shape index (κ3) is 3.69. The van der Waals surface area contributed by atoms with Crippen molar-refractivity contribution in [3.05, 3.63) is 59.9 Å². The number of hydrogen-bond donors (Lipinski definition) is 1. The molecule has 0 fully saturated rings. The predicted molar refractivity (Wildman–Crippen MR) is 107 cm³/mol. The Morgan fingerprint density at radius 2 is 1.79 bits per heavy atom. The monoisotopic (exact) mass is 391 g/mol. The number of carbonyl (C=O) groups is 2. The fourth-order valence-electron chi connectivity index (χ4n) is 3.44. The molecule has 0 radical (unpaired) electrons. The van der Waals surface area contributed by atoms with Crippen molar-refractivity contribution in [1.82, 2.24) is 19.7 Å². The molecule has 0 aliphatic carbocycles. The number of rotatable bonds is 4. The summed E-state index contributed by atoms with van der Waals surface area (Å²) < 4.78 is 7.34. The van der Waals surface area contributed by atoms with Gasteiger partial charge < -0.3 is 19.5 Å². The molecule has 2 heterocycles. The van der Waals surface area contributed by atoms with Gasteiger partial charge in [-0.25, -0.2) is 0 Å². The van der Waals surface area contributed by atoms with Gasteiger partial charge in [-0.05, 0) is 36.4 Å². The quantitative estimate of drug-likeness (QED) is 0.738. The predicted octanol–water partition coefficient (Wildman–Crippen LogP) is 2.57. The Kier molecular flexibility index (Phi) is 4.99. The van der Waals surface area contributed by atoms with Gasteiger partial charge in [-0.2, -0.15) is 0 Å². The molecule has 0 atom stereocenters. The first-order valence-corrected chi connectivity index (χ1v) is 9.29. The Morgan fingerprint density at radius 3 is 2.52 bits per heavy atom. The molecular formula is C21H21N5O3. The number of anilines is 1. The topological polar surface area (TPSA) is 89.3 Å². The first-order valence-electron chi connectivity index (χ1n) is 9.29. The van der Waals surface area contributed by atoms with E-state index in [4.69, 9.17) is 4.74 Å². The second-order valence-corrected chi connectivity index (χ2v) is 6.78. The fourth-order valence-corrected chi connectivity index (χ4v) is 3.44. The van der Waals surface area contributed by atoms with Gasteiger partial charge in [-0.3, -0.25) is 9.59 Å². The van der Waals surface area contributed by atoms with Crippen LogP contribution in [0.25, 0.3) is 11.4 Å². The molecule has 8 heteroatoms. The number of aromatic nitrogens is 3. The smallest absolute Gasteiger partial charge is 0.258 e. The van der Waals surface area contributed by atoms with Gasteiger partial charge in [0.25, 0.3) is 5.91 Å². The van der Waals surface area contributed by atoms with Crippen molar-refractivity contribution >= 4 is 17.5 Å². The molecule has 148 valence electrons. The van der Waals surface area contributed by atoms with Crippen molar-refractivity contribution in [2.45, 2.75) is 20.0 Å². The van der Waals surface area contributed by atoms with Crippen LogP contribution < -0.4 is 10.1 Å². The number of methoxy groups -OCH3 is 1. The average molecular weight is 391 g/mol. The summed E-state index contributed by atoms with van der Waals surface area (Å²) in [4.78, 5) is 25.9. The summed E-state index contributed by atoms with van der Waals surface area (Å²) in [6.45, 7) is 3.01. The van der Waals surface area contributed by atoms with Gasteiger partial charge in [0, 0.05) is 31.3 Å². The molecule has 2 amide bonds. The van der Waals surface area contributed by atoms with Crippen LogP contribution in [-0.2, 0) is 17.9 Å². The third-order valence-electron chi connectivity index (χ3n) is 4.84. The van der Waals surface area contributed by atoms with E-state index >= 15 is 0 Å². The van der Waals surface area contributed by atoms with Crippen LogP contribution in [-0.4, -0.2) is 45.1 Å². The number of hydrogen-bond acceptors (Lipinski definition) is 5. The van der Waals surface area contributed by atoms with Crippen molar-refractivity contribution in [2.75, 3.05) is 19.0 Å². The van der Waals surface area contributed by atoms with E-state index in [9.17, 15) is 9.59 Å². The van der Waals surface area contributed by atoms with E-state index in [2.05, 4.69) is 15.5 Å². The molecule has 0 saturated heterocycles. The molecule has 1 aliphatic heterocycles. The van der Waals surface area contributed by atoms with Crippen molar-refractivity contribution in [3.8, 4) is 17.1 Å². The average Bonchev–Trinajstić information content (AvgIpc) is 3.16. The normalized spacial score (nSPS) is 13.0. The van der Waals surface area contributed by atoms with Gasteiger partial charge in [-0.1, -0.05) is 12.1 Å². The van der Waals surface area contributed by atoms with Crippen LogP contribution in [0.1, 0.15) is 23.1 Å². The molecule has 1 N–H and O–H groups in total. The molecular weight excluding hydrogens is 370 g/mol. The van der Waals surface area contributed by atoms with Crippen LogP contribution in [0.2, 0.25) is 0 Å². The maximum atomic E-state index is 12.9. The molecule has 0 saturated carbocycles. The second-order valence-electron chi connectivity index (χ2n) is 6.78. The van der Waals surface area contributed by atoms with E-state index in [1.54, 1.807) is 24.1 Å². The van der Waals surface area contributed by atoms with E-state index in [0.29, 0.717) is 30.9 Å². The van der Waals surface area contributed by atoms with Crippen LogP contribution in [0.5, 0.6) is 5.75 Å². The van der Waals surface area contributed by atoms with Crippen molar-refractivity contribution in [2.24, 2.45) is 0 Å². The van der Waals surface area contributed by atoms with E-state index in [-0.39, 0.29) is 11.8 Å². The molecule has 0 unspecified atom stereocenters. The Balaban J connectivity index is 1.54. The minimum Gasteiger partial charge on any atom is -0.496 e. The number of ether oxygens (including phenoxy) is 1. The SMILES string of the molecule is COc1ccccc1C(=O)N1CCn2c(nnc2-c2ccc(NC(C)=O)cc2)C1. The van der Waals surface area contributed by atoms with Crippen molar-refractivity contribution in [1.29, 1.82) is 0 Å². The number of fused-ring (bicyclic) bond motifs is 1. The van der Waals surface area contributed by atoms with E-state index in [1.165, 1.54) is 6.92 Å². The minimum absolute atomic E-state index is 0.0853. The van der Waals surface area contributed by atoms with Gasteiger partial charge in [0.2, 0.25) is 5.91 Å². The highest BCUT2D eigenvalue weighted by Gasteiger charge is 2.27. The van der Waals surface area contributed by atoms with Gasteiger partial charge in [0.05, 0.1) is 19.2 Å². The zero-order chi connectivity index (χ0) is 20.4. The Morgan fingerprint density at radius 1 is 1.03 bits per heavy atom. The maximum Gasteiger partial charge on any atom is 0.258 e. The summed E-state index contributed by atoms with van der Waals surface area (Å²) in [5.41, 5.74) is 2.17. The first-order chi connectivity index (χ1) is 14.1. The minimum atomic E-state index is -0.114. The van der Waals surface area contributed by atoms with Crippen molar-refractivity contribution < 1.29 is 14.3 Å². The number of nitrogens with zero attached hydrogens (tertiary/aromatic N) is 4. The van der Waals surface area contributed by atoms with Crippen LogP contribution in [0.3, 0.4) is 0 Å². The summed E-state index contributed by atoms with van der Waals surface area (Å²) in [6, 6.07) is 14.7. The molecule has 4 rings (SSSR count). The van der Waals surface area contributed by atoms with Crippen molar-refractivity contribution in [3.63, 3.8) is 0 Å². The lowest BCUT2D eigenvalue weighted by Crippen LogP contribution is -2.38. The Hall–Kier alpha value is -3.68. The number of carbonyl (C=O) groups excluding carboxylic acids is 2. The maximum absolute atomic E-state index is 12.9. The van der Waals surface area contributed by atoms with Crippen LogP contribution in [0.15, 0.2) is 48.5 Å².